The number of carbonyl (C=O) groups is 1. The molecule has 1 saturated heterocycles. The second-order valence-corrected chi connectivity index (χ2v) is 11.3. The lowest BCUT2D eigenvalue weighted by atomic mass is 10.2. The first-order valence-corrected chi connectivity index (χ1v) is 16.8. The van der Waals surface area contributed by atoms with Crippen molar-refractivity contribution in [1.82, 2.24) is 14.3 Å². The van der Waals surface area contributed by atoms with E-state index >= 15 is 0 Å². The van der Waals surface area contributed by atoms with E-state index in [1.54, 1.807) is 0 Å². The largest absolute Gasteiger partial charge is 0.381 e. The van der Waals surface area contributed by atoms with Crippen molar-refractivity contribution in [3.8, 4) is 0 Å². The second-order valence-electron chi connectivity index (χ2n) is 8.42. The number of fused-ring (bicyclic) bond motifs is 1. The van der Waals surface area contributed by atoms with E-state index < -0.39 is 36.4 Å². The van der Waals surface area contributed by atoms with E-state index in [4.69, 9.17) is 4.74 Å². The molecule has 37 heavy (non-hydrogen) atoms. The fourth-order valence-corrected chi connectivity index (χ4v) is 6.19. The maximum absolute atomic E-state index is 13.6. The molecule has 1 saturated carbocycles. The normalized spacial score (nSPS) is 18.6. The number of anilines is 3. The number of para-hydroxylation sites is 1. The molecule has 2 fully saturated rings. The van der Waals surface area contributed by atoms with Gasteiger partial charge in [0.2, 0.25) is 5.91 Å². The molecule has 3 aromatic rings. The van der Waals surface area contributed by atoms with E-state index in [1.165, 1.54) is 41.4 Å². The standard InChI is InChI=1S/C18H15F4IN5OPS.C5H10O/c1-31-11-5-3-2-4-9(11)24-10-6-12(26-17(29)8-7-18(8,21)22)25-15-13(10)27-16(14(19)20)28(15)30-23;1-2-4-6-5-3-1/h2-6,8,14,30H,7H2,1H3,(H2,24,25,26,29);1-5H2. The smallest absolute Gasteiger partial charge is 0.295 e. The summed E-state index contributed by atoms with van der Waals surface area (Å²) in [5, 5.41) is 5.56. The van der Waals surface area contributed by atoms with Crippen LogP contribution in [0.1, 0.15) is 37.9 Å². The van der Waals surface area contributed by atoms with Crippen LogP contribution in [0.2, 0.25) is 0 Å². The molecule has 1 aliphatic carbocycles. The molecule has 1 aromatic carbocycles. The summed E-state index contributed by atoms with van der Waals surface area (Å²) in [6.07, 6.45) is 2.35. The Morgan fingerprint density at radius 1 is 1.22 bits per heavy atom. The van der Waals surface area contributed by atoms with Crippen LogP contribution in [0.25, 0.3) is 11.2 Å². The number of rotatable bonds is 7. The van der Waals surface area contributed by atoms with E-state index in [9.17, 15) is 22.4 Å². The molecular weight excluding hydrogens is 644 g/mol. The van der Waals surface area contributed by atoms with Gasteiger partial charge in [0.15, 0.2) is 11.5 Å². The summed E-state index contributed by atoms with van der Waals surface area (Å²) in [5.74, 6) is -5.76. The van der Waals surface area contributed by atoms with Crippen molar-refractivity contribution in [2.45, 2.75) is 42.9 Å². The van der Waals surface area contributed by atoms with Gasteiger partial charge in [-0.15, -0.1) is 11.8 Å². The Kier molecular flexibility index (Phi) is 9.52. The van der Waals surface area contributed by atoms with E-state index in [2.05, 4.69) is 20.6 Å². The van der Waals surface area contributed by atoms with Crippen LogP contribution in [0, 0.1) is 5.92 Å². The van der Waals surface area contributed by atoms with Gasteiger partial charge >= 0.3 is 0 Å². The molecule has 3 heterocycles. The monoisotopic (exact) mass is 669 g/mol. The number of nitrogens with one attached hydrogen (secondary N) is 2. The minimum absolute atomic E-state index is 0.0130. The number of thioether (sulfide) groups is 1. The highest BCUT2D eigenvalue weighted by molar-refractivity contribution is 14.2. The molecule has 1 amide bonds. The van der Waals surface area contributed by atoms with Crippen LogP contribution >= 0.6 is 40.2 Å². The zero-order valence-corrected chi connectivity index (χ0v) is 23.7. The fraction of sp³-hybridized carbons (Fsp3) is 0.435. The van der Waals surface area contributed by atoms with Gasteiger partial charge in [0, 0.05) is 30.6 Å². The molecule has 0 bridgehead atoms. The first-order valence-electron chi connectivity index (χ1n) is 11.5. The Morgan fingerprint density at radius 3 is 2.46 bits per heavy atom. The Balaban J connectivity index is 0.000000469. The molecule has 14 heteroatoms. The molecule has 7 nitrogen and oxygen atoms in total. The summed E-state index contributed by atoms with van der Waals surface area (Å²) in [7, 11) is 0. The summed E-state index contributed by atoms with van der Waals surface area (Å²) >= 11 is 3.42. The molecule has 5 rings (SSSR count). The van der Waals surface area contributed by atoms with Crippen LogP contribution < -0.4 is 10.6 Å². The Labute approximate surface area is 230 Å². The highest BCUT2D eigenvalue weighted by Gasteiger charge is 2.61. The SMILES string of the molecule is C1CCOCC1.CSc1ccccc1Nc1cc(NC(=O)C2CC2(F)F)nc2c1nc(C(F)F)n2PI. The van der Waals surface area contributed by atoms with Gasteiger partial charge in [-0.3, -0.25) is 9.13 Å². The lowest BCUT2D eigenvalue weighted by Crippen LogP contribution is -2.18. The van der Waals surface area contributed by atoms with Gasteiger partial charge in [0.1, 0.15) is 17.3 Å². The number of benzene rings is 1. The number of aromatic nitrogens is 3. The number of hydrogen-bond donors (Lipinski definition) is 2. The predicted octanol–water partition coefficient (Wildman–Crippen LogP) is 7.41. The number of carbonyl (C=O) groups excluding carboxylic acids is 1. The maximum atomic E-state index is 13.6. The van der Waals surface area contributed by atoms with Gasteiger partial charge in [-0.2, -0.15) is 0 Å². The first-order chi connectivity index (χ1) is 17.7. The lowest BCUT2D eigenvalue weighted by molar-refractivity contribution is -0.119. The van der Waals surface area contributed by atoms with E-state index in [1.807, 2.05) is 52.6 Å². The first kappa shape index (κ1) is 28.3. The van der Waals surface area contributed by atoms with Gasteiger partial charge in [-0.25, -0.2) is 27.5 Å². The van der Waals surface area contributed by atoms with Gasteiger partial charge < -0.3 is 15.4 Å². The highest BCUT2D eigenvalue weighted by atomic mass is 127. The van der Waals surface area contributed by atoms with E-state index in [0.29, 0.717) is 11.4 Å². The topological polar surface area (TPSA) is 81.1 Å². The number of pyridine rings is 1. The zero-order valence-electron chi connectivity index (χ0n) is 19.7. The number of nitrogens with zero attached hydrogens (tertiary/aromatic N) is 3. The molecule has 2 aliphatic rings. The fourth-order valence-electron chi connectivity index (χ4n) is 3.74. The number of ether oxygens (including phenoxy) is 1. The number of halogens is 5. The van der Waals surface area contributed by atoms with Gasteiger partial charge in [-0.05, 0) is 59.7 Å². The number of alkyl halides is 4. The minimum Gasteiger partial charge on any atom is -0.381 e. The van der Waals surface area contributed by atoms with Gasteiger partial charge in [0.05, 0.1) is 17.7 Å². The molecule has 200 valence electrons. The third-order valence-corrected chi connectivity index (χ3v) is 8.62. The number of amides is 1. The average Bonchev–Trinajstić information content (AvgIpc) is 3.37. The number of hydrogen-bond acceptors (Lipinski definition) is 6. The number of imidazole rings is 1. The van der Waals surface area contributed by atoms with Crippen LogP contribution in [0.15, 0.2) is 35.2 Å². The Hall–Kier alpha value is -1.70. The maximum Gasteiger partial charge on any atom is 0.295 e. The highest BCUT2D eigenvalue weighted by Crippen LogP contribution is 2.49. The Morgan fingerprint density at radius 2 is 1.92 bits per heavy atom. The third-order valence-electron chi connectivity index (χ3n) is 5.77. The third kappa shape index (κ3) is 6.85. The van der Waals surface area contributed by atoms with Crippen molar-refractivity contribution in [2.75, 3.05) is 30.1 Å². The second kappa shape index (κ2) is 12.4. The van der Waals surface area contributed by atoms with Gasteiger partial charge in [0.25, 0.3) is 12.3 Å². The Bertz CT molecular complexity index is 1250. The summed E-state index contributed by atoms with van der Waals surface area (Å²) in [4.78, 5) is 21.4. The van der Waals surface area contributed by atoms with Crippen molar-refractivity contribution in [2.24, 2.45) is 5.92 Å². The quantitative estimate of drug-likeness (QED) is 0.118. The average molecular weight is 669 g/mol. The summed E-state index contributed by atoms with van der Waals surface area (Å²) in [6, 6.07) is 8.79. The predicted molar refractivity (Wildman–Crippen MR) is 148 cm³/mol. The van der Waals surface area contributed by atoms with Crippen molar-refractivity contribution in [3.63, 3.8) is 0 Å². The molecular formula is C23H25F4IN5O2PS. The molecule has 2 atom stereocenters. The van der Waals surface area contributed by atoms with Crippen molar-refractivity contribution in [1.29, 1.82) is 0 Å². The molecule has 0 radical (unpaired) electrons. The van der Waals surface area contributed by atoms with Crippen LogP contribution in [-0.4, -0.2) is 45.6 Å². The minimum atomic E-state index is -3.03. The van der Waals surface area contributed by atoms with Crippen LogP contribution in [-0.2, 0) is 9.53 Å². The molecule has 0 spiro atoms. The molecule has 2 aromatic heterocycles. The molecule has 2 unspecified atom stereocenters. The van der Waals surface area contributed by atoms with E-state index in [-0.39, 0.29) is 23.4 Å². The van der Waals surface area contributed by atoms with Crippen LogP contribution in [0.3, 0.4) is 0 Å². The zero-order chi connectivity index (χ0) is 26.6. The van der Waals surface area contributed by atoms with Crippen molar-refractivity contribution in [3.05, 3.63) is 36.2 Å². The van der Waals surface area contributed by atoms with Gasteiger partial charge in [-0.1, -0.05) is 12.1 Å². The van der Waals surface area contributed by atoms with Crippen LogP contribution in [0.4, 0.5) is 34.8 Å². The summed E-state index contributed by atoms with van der Waals surface area (Å²) in [6.45, 7) is 2.00. The van der Waals surface area contributed by atoms with Crippen molar-refractivity contribution < 1.29 is 27.1 Å². The molecule has 2 N–H and O–H groups in total. The van der Waals surface area contributed by atoms with Crippen molar-refractivity contribution >= 4 is 74.4 Å². The summed E-state index contributed by atoms with van der Waals surface area (Å²) < 4.78 is 60.0. The summed E-state index contributed by atoms with van der Waals surface area (Å²) in [5.41, 5.74) is 1.37. The molecule has 1 aliphatic heterocycles. The van der Waals surface area contributed by atoms with Crippen LogP contribution in [0.5, 0.6) is 0 Å². The lowest BCUT2D eigenvalue weighted by Gasteiger charge is -2.13. The van der Waals surface area contributed by atoms with E-state index in [0.717, 1.165) is 18.1 Å².